The van der Waals surface area contributed by atoms with Crippen LogP contribution >= 0.6 is 0 Å². The van der Waals surface area contributed by atoms with E-state index in [9.17, 15) is 39.6 Å². The van der Waals surface area contributed by atoms with E-state index in [4.69, 9.17) is 0 Å². The summed E-state index contributed by atoms with van der Waals surface area (Å²) in [7, 11) is 0. The quantitative estimate of drug-likeness (QED) is 0.206. The molecule has 1 aliphatic rings. The number of rotatable bonds is 8. The summed E-state index contributed by atoms with van der Waals surface area (Å²) in [6, 6.07) is 26.9. The zero-order valence-corrected chi connectivity index (χ0v) is 26.1. The summed E-state index contributed by atoms with van der Waals surface area (Å²) in [5.74, 6) is -4.04. The van der Waals surface area contributed by atoms with Gasteiger partial charge in [0.25, 0.3) is 0 Å². The highest BCUT2D eigenvalue weighted by molar-refractivity contribution is 5.89. The minimum absolute atomic E-state index is 0.185. The number of hydrogen-bond donors (Lipinski definition) is 4. The Bertz CT molecular complexity index is 1470. The molecule has 1 heterocycles. The zero-order chi connectivity index (χ0) is 34.2. The molecule has 1 aliphatic heterocycles. The Morgan fingerprint density at radius 3 is 0.583 bits per heavy atom. The molecule has 0 aliphatic carbocycles. The van der Waals surface area contributed by atoms with Crippen LogP contribution in [0.3, 0.4) is 0 Å². The summed E-state index contributed by atoms with van der Waals surface area (Å²) in [6.07, 6.45) is 0. The highest BCUT2D eigenvalue weighted by Crippen LogP contribution is 2.23. The van der Waals surface area contributed by atoms with Crippen LogP contribution < -0.4 is 19.6 Å². The molecule has 4 aromatic carbocycles. The number of nitrogens with zero attached hydrogens (tertiary/aromatic N) is 4. The van der Waals surface area contributed by atoms with E-state index in [1.54, 1.807) is 97.1 Å². The van der Waals surface area contributed by atoms with E-state index in [1.165, 1.54) is 0 Å². The largest absolute Gasteiger partial charge is 0.478 e. The lowest BCUT2D eigenvalue weighted by Crippen LogP contribution is -2.46. The average Bonchev–Trinajstić information content (AvgIpc) is 3.09. The highest BCUT2D eigenvalue weighted by atomic mass is 16.4. The lowest BCUT2D eigenvalue weighted by molar-refractivity contribution is 0.0686. The van der Waals surface area contributed by atoms with E-state index < -0.39 is 23.9 Å². The third-order valence-electron chi connectivity index (χ3n) is 8.48. The molecule has 12 heteroatoms. The Morgan fingerprint density at radius 1 is 0.312 bits per heavy atom. The highest BCUT2D eigenvalue weighted by Gasteiger charge is 2.20. The van der Waals surface area contributed by atoms with Gasteiger partial charge in [0.05, 0.1) is 22.3 Å². The molecule has 0 unspecified atom stereocenters. The first kappa shape index (κ1) is 33.3. The second kappa shape index (κ2) is 15.0. The zero-order valence-electron chi connectivity index (χ0n) is 26.1. The van der Waals surface area contributed by atoms with Gasteiger partial charge in [-0.2, -0.15) is 0 Å². The molecule has 4 aromatic rings. The number of carboxylic acid groups (broad SMARTS) is 4. The lowest BCUT2D eigenvalue weighted by Gasteiger charge is -2.37. The topological polar surface area (TPSA) is 162 Å². The maximum atomic E-state index is 11.5. The van der Waals surface area contributed by atoms with E-state index in [0.717, 1.165) is 22.7 Å². The first-order valence-electron chi connectivity index (χ1n) is 15.4. The molecule has 0 aromatic heterocycles. The minimum Gasteiger partial charge on any atom is -0.478 e. The molecule has 48 heavy (non-hydrogen) atoms. The van der Waals surface area contributed by atoms with Gasteiger partial charge >= 0.3 is 23.9 Å². The van der Waals surface area contributed by atoms with E-state index in [0.29, 0.717) is 52.4 Å². The van der Waals surface area contributed by atoms with Crippen molar-refractivity contribution in [1.29, 1.82) is 0 Å². The van der Waals surface area contributed by atoms with Crippen LogP contribution in [-0.4, -0.2) is 96.7 Å². The molecule has 0 atom stereocenters. The van der Waals surface area contributed by atoms with Crippen LogP contribution in [0.2, 0.25) is 0 Å². The van der Waals surface area contributed by atoms with Gasteiger partial charge < -0.3 is 40.0 Å². The summed E-state index contributed by atoms with van der Waals surface area (Å²) in [5.41, 5.74) is 4.13. The SMILES string of the molecule is O=C(O)c1ccc(N2CCN(c3ccc(C(=O)O)cc3)CCN(c3ccc(C(=O)O)cc3)CCN(c3ccc(C(=O)O)cc3)CC2)cc1. The number of hydrogen-bond acceptors (Lipinski definition) is 8. The lowest BCUT2D eigenvalue weighted by atomic mass is 10.1. The molecule has 0 bridgehead atoms. The van der Waals surface area contributed by atoms with Crippen molar-refractivity contribution in [2.24, 2.45) is 0 Å². The maximum Gasteiger partial charge on any atom is 0.335 e. The number of carbonyl (C=O) groups is 4. The smallest absolute Gasteiger partial charge is 0.335 e. The normalized spacial score (nSPS) is 14.5. The van der Waals surface area contributed by atoms with E-state index in [2.05, 4.69) is 19.6 Å². The van der Waals surface area contributed by atoms with Gasteiger partial charge in [-0.25, -0.2) is 19.2 Å². The predicted octanol–water partition coefficient (Wildman–Crippen LogP) is 4.82. The summed E-state index contributed by atoms with van der Waals surface area (Å²) >= 11 is 0. The fourth-order valence-electron chi connectivity index (χ4n) is 5.70. The molecule has 248 valence electrons. The third kappa shape index (κ3) is 8.21. The van der Waals surface area contributed by atoms with Crippen molar-refractivity contribution >= 4 is 46.6 Å². The summed E-state index contributed by atoms with van der Waals surface area (Å²) in [5, 5.41) is 37.7. The van der Waals surface area contributed by atoms with Crippen LogP contribution in [0, 0.1) is 0 Å². The molecule has 0 amide bonds. The Morgan fingerprint density at radius 2 is 0.458 bits per heavy atom. The molecular weight excluding hydrogens is 616 g/mol. The molecular formula is C36H36N4O8. The van der Waals surface area contributed by atoms with Gasteiger partial charge in [0.1, 0.15) is 0 Å². The van der Waals surface area contributed by atoms with Crippen LogP contribution in [0.15, 0.2) is 97.1 Å². The van der Waals surface area contributed by atoms with Crippen molar-refractivity contribution < 1.29 is 39.6 Å². The Balaban J connectivity index is 1.49. The van der Waals surface area contributed by atoms with E-state index in [-0.39, 0.29) is 22.3 Å². The molecule has 1 fully saturated rings. The van der Waals surface area contributed by atoms with Gasteiger partial charge in [0.2, 0.25) is 0 Å². The van der Waals surface area contributed by atoms with Crippen LogP contribution in [0.4, 0.5) is 22.7 Å². The predicted molar refractivity (Wildman–Crippen MR) is 182 cm³/mol. The molecule has 0 spiro atoms. The second-order valence-corrected chi connectivity index (χ2v) is 11.4. The Labute approximate surface area is 277 Å². The molecule has 4 N–H and O–H groups in total. The van der Waals surface area contributed by atoms with Crippen LogP contribution in [0.1, 0.15) is 41.4 Å². The Hall–Kier alpha value is -6.04. The molecule has 0 saturated carbocycles. The van der Waals surface area contributed by atoms with Crippen LogP contribution in [0.25, 0.3) is 0 Å². The summed E-state index contributed by atoms with van der Waals surface area (Å²) < 4.78 is 0. The van der Waals surface area contributed by atoms with Gasteiger partial charge in [-0.15, -0.1) is 0 Å². The fraction of sp³-hybridized carbons (Fsp3) is 0.222. The van der Waals surface area contributed by atoms with Crippen molar-refractivity contribution in [2.45, 2.75) is 0 Å². The van der Waals surface area contributed by atoms with Gasteiger partial charge in [0.15, 0.2) is 0 Å². The minimum atomic E-state index is -1.01. The van der Waals surface area contributed by atoms with Crippen molar-refractivity contribution in [2.75, 3.05) is 72.0 Å². The number of aromatic carboxylic acids is 4. The maximum absolute atomic E-state index is 11.5. The van der Waals surface area contributed by atoms with Gasteiger partial charge in [0, 0.05) is 75.1 Å². The summed E-state index contributed by atoms with van der Waals surface area (Å²) in [4.78, 5) is 54.8. The van der Waals surface area contributed by atoms with Crippen molar-refractivity contribution in [1.82, 2.24) is 0 Å². The third-order valence-corrected chi connectivity index (χ3v) is 8.48. The van der Waals surface area contributed by atoms with Crippen LogP contribution in [-0.2, 0) is 0 Å². The molecule has 1 saturated heterocycles. The second-order valence-electron chi connectivity index (χ2n) is 11.4. The van der Waals surface area contributed by atoms with Crippen molar-refractivity contribution in [3.63, 3.8) is 0 Å². The molecule has 12 nitrogen and oxygen atoms in total. The number of anilines is 4. The van der Waals surface area contributed by atoms with Gasteiger partial charge in [-0.05, 0) is 97.1 Å². The van der Waals surface area contributed by atoms with Gasteiger partial charge in [-0.1, -0.05) is 0 Å². The van der Waals surface area contributed by atoms with Crippen LogP contribution in [0.5, 0.6) is 0 Å². The first-order chi connectivity index (χ1) is 23.1. The van der Waals surface area contributed by atoms with Crippen molar-refractivity contribution in [3.05, 3.63) is 119 Å². The molecule has 5 rings (SSSR count). The standard InChI is InChI=1S/C36H36N4O8/c41-33(42)25-1-9-29(10-2-25)37-17-19-38(30-11-3-26(4-12-30)34(43)44)21-23-40(32-15-7-28(8-16-32)36(47)48)24-22-39(20-18-37)31-13-5-27(6-14-31)35(45)46/h1-16H,17-24H2,(H,41,42)(H,43,44)(H,45,46)(H,47,48). The Kier molecular flexibility index (Phi) is 10.4. The summed E-state index contributed by atoms with van der Waals surface area (Å²) in [6.45, 7) is 4.49. The van der Waals surface area contributed by atoms with Crippen molar-refractivity contribution in [3.8, 4) is 0 Å². The molecule has 0 radical (unpaired) electrons. The monoisotopic (exact) mass is 652 g/mol. The average molecular weight is 653 g/mol. The fourth-order valence-corrected chi connectivity index (χ4v) is 5.70. The number of carboxylic acids is 4. The number of benzene rings is 4. The first-order valence-corrected chi connectivity index (χ1v) is 15.4. The van der Waals surface area contributed by atoms with E-state index in [1.807, 2.05) is 0 Å². The van der Waals surface area contributed by atoms with Gasteiger partial charge in [-0.3, -0.25) is 0 Å². The van der Waals surface area contributed by atoms with E-state index >= 15 is 0 Å².